The van der Waals surface area contributed by atoms with Crippen LogP contribution in [0.3, 0.4) is 0 Å². The van der Waals surface area contributed by atoms with Gasteiger partial charge in [0.2, 0.25) is 0 Å². The Hall–Kier alpha value is 0.0169. The van der Waals surface area contributed by atoms with Crippen molar-refractivity contribution in [3.63, 3.8) is 0 Å². The van der Waals surface area contributed by atoms with Crippen molar-refractivity contribution in [2.75, 3.05) is 47.4 Å². The second kappa shape index (κ2) is 9.26. The predicted octanol–water partition coefficient (Wildman–Crippen LogP) is 0.306. The summed E-state index contributed by atoms with van der Waals surface area (Å²) in [6.45, 7) is 1.85. The van der Waals surface area contributed by atoms with E-state index in [1.54, 1.807) is 21.3 Å². The highest BCUT2D eigenvalue weighted by molar-refractivity contribution is 6.67. The summed E-state index contributed by atoms with van der Waals surface area (Å²) in [5.74, 6) is 0. The van der Waals surface area contributed by atoms with Gasteiger partial charge in [-0.1, -0.05) is 0 Å². The Morgan fingerprint density at radius 3 is 2.13 bits per heavy atom. The maximum absolute atomic E-state index is 9.17. The minimum Gasteiger partial charge on any atom is -0.396 e. The van der Waals surface area contributed by atoms with Gasteiger partial charge in [-0.2, -0.15) is 0 Å². The Bertz CT molecular complexity index is 132. The molecule has 0 saturated carbocycles. The first-order valence-electron chi connectivity index (χ1n) is 5.02. The molecule has 92 valence electrons. The summed E-state index contributed by atoms with van der Waals surface area (Å²) < 4.78 is 20.7. The number of methoxy groups -OCH3 is 1. The lowest BCUT2D eigenvalue weighted by Crippen LogP contribution is -2.44. The van der Waals surface area contributed by atoms with Gasteiger partial charge in [0, 0.05) is 27.9 Å². The standard InChI is InChI=1S/C9H22O5Si/c1-11-6-7-14-5-4-8-15(9-10,12-2)13-3/h10H,4-9H2,1-3H3. The zero-order valence-electron chi connectivity index (χ0n) is 9.82. The molecule has 15 heavy (non-hydrogen) atoms. The largest absolute Gasteiger partial charge is 0.396 e. The van der Waals surface area contributed by atoms with Gasteiger partial charge >= 0.3 is 8.56 Å². The lowest BCUT2D eigenvalue weighted by Gasteiger charge is -2.24. The minimum absolute atomic E-state index is 0.0158. The molecule has 1 N–H and O–H groups in total. The third-order valence-electron chi connectivity index (χ3n) is 2.26. The Labute approximate surface area is 92.5 Å². The molecule has 0 rings (SSSR count). The van der Waals surface area contributed by atoms with Crippen LogP contribution >= 0.6 is 0 Å². The van der Waals surface area contributed by atoms with E-state index < -0.39 is 8.56 Å². The van der Waals surface area contributed by atoms with Gasteiger partial charge in [-0.3, -0.25) is 0 Å². The molecule has 0 aromatic carbocycles. The highest BCUT2D eigenvalue weighted by atomic mass is 28.4. The number of aliphatic hydroxyl groups is 1. The van der Waals surface area contributed by atoms with Crippen LogP contribution in [-0.2, 0) is 18.3 Å². The zero-order valence-corrected chi connectivity index (χ0v) is 10.8. The van der Waals surface area contributed by atoms with E-state index in [0.29, 0.717) is 19.8 Å². The van der Waals surface area contributed by atoms with E-state index in [1.807, 2.05) is 0 Å². The first-order chi connectivity index (χ1) is 7.24. The fourth-order valence-corrected chi connectivity index (χ4v) is 2.86. The van der Waals surface area contributed by atoms with Gasteiger partial charge in [0.05, 0.1) is 19.4 Å². The summed E-state index contributed by atoms with van der Waals surface area (Å²) in [6.07, 6.45) is 0.816. The molecule has 0 atom stereocenters. The Balaban J connectivity index is 3.54. The highest BCUT2D eigenvalue weighted by Crippen LogP contribution is 2.13. The van der Waals surface area contributed by atoms with Gasteiger partial charge in [0.25, 0.3) is 0 Å². The van der Waals surface area contributed by atoms with Crippen LogP contribution in [0, 0.1) is 0 Å². The lowest BCUT2D eigenvalue weighted by molar-refractivity contribution is 0.0695. The van der Waals surface area contributed by atoms with E-state index in [0.717, 1.165) is 12.5 Å². The van der Waals surface area contributed by atoms with E-state index in [4.69, 9.17) is 23.4 Å². The van der Waals surface area contributed by atoms with E-state index >= 15 is 0 Å². The molecule has 0 aliphatic carbocycles. The van der Waals surface area contributed by atoms with Crippen LogP contribution in [0.5, 0.6) is 0 Å². The summed E-state index contributed by atoms with van der Waals surface area (Å²) in [5, 5.41) is 9.17. The van der Waals surface area contributed by atoms with E-state index in [1.165, 1.54) is 0 Å². The van der Waals surface area contributed by atoms with Crippen molar-refractivity contribution in [2.24, 2.45) is 0 Å². The maximum Gasteiger partial charge on any atom is 0.364 e. The SMILES string of the molecule is COCCOCCC[Si](CO)(OC)OC. The maximum atomic E-state index is 9.17. The summed E-state index contributed by atoms with van der Waals surface area (Å²) in [4.78, 5) is 0. The lowest BCUT2D eigenvalue weighted by atomic mass is 10.5. The van der Waals surface area contributed by atoms with Gasteiger partial charge in [-0.05, 0) is 12.5 Å². The van der Waals surface area contributed by atoms with Crippen LogP contribution in [0.2, 0.25) is 6.04 Å². The fraction of sp³-hybridized carbons (Fsp3) is 1.00. The molecule has 0 radical (unpaired) electrons. The number of ether oxygens (including phenoxy) is 2. The molecule has 0 bridgehead atoms. The first-order valence-corrected chi connectivity index (χ1v) is 7.25. The number of hydrogen-bond acceptors (Lipinski definition) is 5. The summed E-state index contributed by atoms with van der Waals surface area (Å²) in [5.41, 5.74) is 0. The molecule has 0 unspecified atom stereocenters. The zero-order chi connectivity index (χ0) is 11.6. The average molecular weight is 238 g/mol. The van der Waals surface area contributed by atoms with Crippen molar-refractivity contribution in [3.8, 4) is 0 Å². The molecule has 0 fully saturated rings. The fourth-order valence-electron chi connectivity index (χ4n) is 1.18. The smallest absolute Gasteiger partial charge is 0.364 e. The normalized spacial score (nSPS) is 12.0. The Kier molecular flexibility index (Phi) is 9.27. The third kappa shape index (κ3) is 6.24. The van der Waals surface area contributed by atoms with E-state index in [2.05, 4.69) is 0 Å². The Morgan fingerprint density at radius 1 is 1.00 bits per heavy atom. The quantitative estimate of drug-likeness (QED) is 0.438. The molecular formula is C9H22O5Si. The molecule has 0 saturated heterocycles. The van der Waals surface area contributed by atoms with Crippen LogP contribution < -0.4 is 0 Å². The second-order valence-corrected chi connectivity index (χ2v) is 6.64. The Morgan fingerprint density at radius 2 is 1.67 bits per heavy atom. The first kappa shape index (κ1) is 15.0. The van der Waals surface area contributed by atoms with Crippen molar-refractivity contribution >= 4 is 8.56 Å². The van der Waals surface area contributed by atoms with Crippen molar-refractivity contribution in [2.45, 2.75) is 12.5 Å². The van der Waals surface area contributed by atoms with Gasteiger partial charge in [-0.25, -0.2) is 0 Å². The van der Waals surface area contributed by atoms with Crippen molar-refractivity contribution in [1.29, 1.82) is 0 Å². The molecule has 5 nitrogen and oxygen atoms in total. The van der Waals surface area contributed by atoms with Crippen LogP contribution in [0.25, 0.3) is 0 Å². The van der Waals surface area contributed by atoms with E-state index in [-0.39, 0.29) is 6.23 Å². The van der Waals surface area contributed by atoms with Crippen molar-refractivity contribution < 1.29 is 23.4 Å². The van der Waals surface area contributed by atoms with Gasteiger partial charge in [0.15, 0.2) is 0 Å². The molecule has 0 aromatic heterocycles. The topological polar surface area (TPSA) is 57.2 Å². The van der Waals surface area contributed by atoms with Crippen LogP contribution in [0.15, 0.2) is 0 Å². The molecule has 0 amide bonds. The van der Waals surface area contributed by atoms with Crippen molar-refractivity contribution in [1.82, 2.24) is 0 Å². The highest BCUT2D eigenvalue weighted by Gasteiger charge is 2.33. The molecule has 0 spiro atoms. The van der Waals surface area contributed by atoms with Gasteiger partial charge in [0.1, 0.15) is 0 Å². The molecule has 0 heterocycles. The molecular weight excluding hydrogens is 216 g/mol. The van der Waals surface area contributed by atoms with Crippen LogP contribution in [0.1, 0.15) is 6.42 Å². The van der Waals surface area contributed by atoms with Gasteiger partial charge in [-0.15, -0.1) is 0 Å². The van der Waals surface area contributed by atoms with Crippen LogP contribution in [0.4, 0.5) is 0 Å². The predicted molar refractivity (Wildman–Crippen MR) is 59.0 cm³/mol. The number of aliphatic hydroxyl groups excluding tert-OH is 1. The number of hydrogen-bond donors (Lipinski definition) is 1. The summed E-state index contributed by atoms with van der Waals surface area (Å²) in [7, 11) is 2.46. The second-order valence-electron chi connectivity index (χ2n) is 3.19. The summed E-state index contributed by atoms with van der Waals surface area (Å²) >= 11 is 0. The van der Waals surface area contributed by atoms with Crippen molar-refractivity contribution in [3.05, 3.63) is 0 Å². The third-order valence-corrected chi connectivity index (χ3v) is 5.35. The molecule has 0 aliphatic heterocycles. The summed E-state index contributed by atoms with van der Waals surface area (Å²) in [6, 6.07) is 0.740. The van der Waals surface area contributed by atoms with E-state index in [9.17, 15) is 0 Å². The molecule has 0 aliphatic rings. The van der Waals surface area contributed by atoms with Gasteiger partial charge < -0.3 is 23.4 Å². The monoisotopic (exact) mass is 238 g/mol. The average Bonchev–Trinajstić information content (AvgIpc) is 2.29. The molecule has 6 heteroatoms. The number of rotatable bonds is 10. The molecule has 0 aromatic rings. The van der Waals surface area contributed by atoms with Crippen LogP contribution in [-0.4, -0.2) is 61.0 Å². The minimum atomic E-state index is -2.34.